The van der Waals surface area contributed by atoms with E-state index >= 15 is 0 Å². The van der Waals surface area contributed by atoms with Crippen molar-refractivity contribution in [2.24, 2.45) is 0 Å². The highest BCUT2D eigenvalue weighted by Crippen LogP contribution is 2.29. The van der Waals surface area contributed by atoms with Gasteiger partial charge in [0.15, 0.2) is 0 Å². The number of rotatable bonds is 4. The number of ether oxygens (including phenoxy) is 1. The fourth-order valence-corrected chi connectivity index (χ4v) is 3.82. The van der Waals surface area contributed by atoms with E-state index in [1.165, 1.54) is 37.9 Å². The van der Waals surface area contributed by atoms with Crippen molar-refractivity contribution in [3.8, 4) is 0 Å². The summed E-state index contributed by atoms with van der Waals surface area (Å²) < 4.78 is 19.0. The maximum absolute atomic E-state index is 13.2. The Balaban J connectivity index is 1.57. The first-order valence-corrected chi connectivity index (χ1v) is 8.50. The molecule has 1 aromatic rings. The molecule has 5 heteroatoms. The molecule has 2 fully saturated rings. The summed E-state index contributed by atoms with van der Waals surface area (Å²) in [5.41, 5.74) is 0.894. The SMILES string of the molecule is CN1CCCC1CCN1CCOC(c2ccc(F)cc2Cl)C1. The number of benzene rings is 1. The quantitative estimate of drug-likeness (QED) is 0.844. The summed E-state index contributed by atoms with van der Waals surface area (Å²) in [6.07, 6.45) is 3.79. The third kappa shape index (κ3) is 3.80. The molecule has 2 atom stereocenters. The summed E-state index contributed by atoms with van der Waals surface area (Å²) in [6.45, 7) is 4.82. The first-order valence-electron chi connectivity index (χ1n) is 8.12. The molecule has 0 aromatic heterocycles. The van der Waals surface area contributed by atoms with Crippen LogP contribution in [0.3, 0.4) is 0 Å². The minimum absolute atomic E-state index is 0.0526. The minimum atomic E-state index is -0.300. The molecule has 2 heterocycles. The molecule has 3 rings (SSSR count). The Morgan fingerprint density at radius 1 is 1.36 bits per heavy atom. The number of nitrogens with zero attached hydrogens (tertiary/aromatic N) is 2. The highest BCUT2D eigenvalue weighted by Gasteiger charge is 2.26. The van der Waals surface area contributed by atoms with Gasteiger partial charge in [-0.1, -0.05) is 17.7 Å². The van der Waals surface area contributed by atoms with Gasteiger partial charge in [-0.05, 0) is 51.5 Å². The van der Waals surface area contributed by atoms with Gasteiger partial charge in [0.25, 0.3) is 0 Å². The van der Waals surface area contributed by atoms with E-state index in [2.05, 4.69) is 16.8 Å². The maximum atomic E-state index is 13.2. The summed E-state index contributed by atoms with van der Waals surface area (Å²) in [4.78, 5) is 4.91. The van der Waals surface area contributed by atoms with Gasteiger partial charge in [-0.15, -0.1) is 0 Å². The van der Waals surface area contributed by atoms with E-state index in [9.17, 15) is 4.39 Å². The average molecular weight is 327 g/mol. The Bertz CT molecular complexity index is 513. The monoisotopic (exact) mass is 326 g/mol. The second-order valence-electron chi connectivity index (χ2n) is 6.39. The van der Waals surface area contributed by atoms with Crippen LogP contribution >= 0.6 is 11.6 Å². The lowest BCUT2D eigenvalue weighted by atomic mass is 10.1. The Morgan fingerprint density at radius 2 is 2.23 bits per heavy atom. The van der Waals surface area contributed by atoms with Crippen molar-refractivity contribution in [2.75, 3.05) is 39.8 Å². The number of hydrogen-bond acceptors (Lipinski definition) is 3. The zero-order valence-electron chi connectivity index (χ0n) is 13.1. The lowest BCUT2D eigenvalue weighted by Crippen LogP contribution is -2.40. The Labute approximate surface area is 137 Å². The molecule has 2 aliphatic heterocycles. The van der Waals surface area contributed by atoms with Crippen molar-refractivity contribution in [1.29, 1.82) is 0 Å². The van der Waals surface area contributed by atoms with Gasteiger partial charge in [0, 0.05) is 29.7 Å². The third-order valence-corrected chi connectivity index (χ3v) is 5.24. The van der Waals surface area contributed by atoms with E-state index in [0.717, 1.165) is 31.2 Å². The van der Waals surface area contributed by atoms with Gasteiger partial charge >= 0.3 is 0 Å². The van der Waals surface area contributed by atoms with Gasteiger partial charge in [0.2, 0.25) is 0 Å². The number of morpholine rings is 1. The van der Waals surface area contributed by atoms with E-state index in [4.69, 9.17) is 16.3 Å². The lowest BCUT2D eigenvalue weighted by molar-refractivity contribution is -0.0315. The zero-order valence-corrected chi connectivity index (χ0v) is 13.9. The summed E-state index contributed by atoms with van der Waals surface area (Å²) in [5.74, 6) is -0.300. The average Bonchev–Trinajstić information content (AvgIpc) is 2.91. The second kappa shape index (κ2) is 7.26. The van der Waals surface area contributed by atoms with Gasteiger partial charge in [0.05, 0.1) is 12.7 Å². The van der Waals surface area contributed by atoms with Crippen LogP contribution in [0.1, 0.15) is 30.9 Å². The molecule has 0 amide bonds. The largest absolute Gasteiger partial charge is 0.371 e. The normalized spacial score (nSPS) is 27.4. The van der Waals surface area contributed by atoms with Crippen LogP contribution in [-0.2, 0) is 4.74 Å². The predicted molar refractivity (Wildman–Crippen MR) is 86.8 cm³/mol. The summed E-state index contributed by atoms with van der Waals surface area (Å²) >= 11 is 6.17. The molecule has 2 saturated heterocycles. The van der Waals surface area contributed by atoms with Crippen LogP contribution in [0.2, 0.25) is 5.02 Å². The van der Waals surface area contributed by atoms with Crippen LogP contribution in [-0.4, -0.2) is 55.7 Å². The number of halogens is 2. The Kier molecular flexibility index (Phi) is 5.34. The topological polar surface area (TPSA) is 15.7 Å². The second-order valence-corrected chi connectivity index (χ2v) is 6.80. The van der Waals surface area contributed by atoms with E-state index < -0.39 is 0 Å². The van der Waals surface area contributed by atoms with Crippen molar-refractivity contribution in [3.05, 3.63) is 34.6 Å². The van der Waals surface area contributed by atoms with Crippen LogP contribution in [0.15, 0.2) is 18.2 Å². The van der Waals surface area contributed by atoms with Crippen molar-refractivity contribution < 1.29 is 9.13 Å². The van der Waals surface area contributed by atoms with Crippen LogP contribution in [0.5, 0.6) is 0 Å². The van der Waals surface area contributed by atoms with Gasteiger partial charge in [-0.2, -0.15) is 0 Å². The molecule has 2 aliphatic rings. The lowest BCUT2D eigenvalue weighted by Gasteiger charge is -2.34. The number of hydrogen-bond donors (Lipinski definition) is 0. The van der Waals surface area contributed by atoms with Crippen LogP contribution in [0, 0.1) is 5.82 Å². The molecule has 0 bridgehead atoms. The summed E-state index contributed by atoms with van der Waals surface area (Å²) in [7, 11) is 2.22. The zero-order chi connectivity index (χ0) is 15.5. The van der Waals surface area contributed by atoms with Crippen molar-refractivity contribution in [3.63, 3.8) is 0 Å². The van der Waals surface area contributed by atoms with Gasteiger partial charge in [-0.3, -0.25) is 4.90 Å². The van der Waals surface area contributed by atoms with E-state index in [1.54, 1.807) is 6.07 Å². The molecule has 0 spiro atoms. The fraction of sp³-hybridized carbons (Fsp3) is 0.647. The van der Waals surface area contributed by atoms with Crippen molar-refractivity contribution in [2.45, 2.75) is 31.4 Å². The molecule has 3 nitrogen and oxygen atoms in total. The van der Waals surface area contributed by atoms with Gasteiger partial charge < -0.3 is 9.64 Å². The first kappa shape index (κ1) is 16.2. The minimum Gasteiger partial charge on any atom is -0.371 e. The van der Waals surface area contributed by atoms with Crippen LogP contribution in [0.25, 0.3) is 0 Å². The summed E-state index contributed by atoms with van der Waals surface area (Å²) in [5, 5.41) is 0.461. The third-order valence-electron chi connectivity index (χ3n) is 4.91. The molecule has 0 N–H and O–H groups in total. The fourth-order valence-electron chi connectivity index (χ4n) is 3.53. The molecule has 22 heavy (non-hydrogen) atoms. The molecule has 2 unspecified atom stereocenters. The molecule has 0 radical (unpaired) electrons. The molecular formula is C17H24ClFN2O. The van der Waals surface area contributed by atoms with Gasteiger partial charge in [0.1, 0.15) is 5.82 Å². The van der Waals surface area contributed by atoms with Crippen LogP contribution < -0.4 is 0 Å². The molecular weight excluding hydrogens is 303 g/mol. The molecule has 0 saturated carbocycles. The van der Waals surface area contributed by atoms with Crippen molar-refractivity contribution in [1.82, 2.24) is 9.80 Å². The summed E-state index contributed by atoms with van der Waals surface area (Å²) in [6, 6.07) is 5.29. The smallest absolute Gasteiger partial charge is 0.124 e. The van der Waals surface area contributed by atoms with Crippen LogP contribution in [0.4, 0.5) is 4.39 Å². The van der Waals surface area contributed by atoms with E-state index in [-0.39, 0.29) is 11.9 Å². The molecule has 1 aromatic carbocycles. The standard InChI is InChI=1S/C17H24ClFN2O/c1-20-7-2-3-14(20)6-8-21-9-10-22-17(12-21)15-5-4-13(19)11-16(15)18/h4-5,11,14,17H,2-3,6-10,12H2,1H3. The van der Waals surface area contributed by atoms with E-state index in [1.807, 2.05) is 0 Å². The highest BCUT2D eigenvalue weighted by atomic mass is 35.5. The van der Waals surface area contributed by atoms with Gasteiger partial charge in [-0.25, -0.2) is 4.39 Å². The van der Waals surface area contributed by atoms with Crippen molar-refractivity contribution >= 4 is 11.6 Å². The Hall–Kier alpha value is -0.680. The number of likely N-dealkylation sites (tertiary alicyclic amines) is 1. The van der Waals surface area contributed by atoms with E-state index in [0.29, 0.717) is 11.6 Å². The Morgan fingerprint density at radius 3 is 2.95 bits per heavy atom. The molecule has 0 aliphatic carbocycles. The maximum Gasteiger partial charge on any atom is 0.124 e. The highest BCUT2D eigenvalue weighted by molar-refractivity contribution is 6.31. The predicted octanol–water partition coefficient (Wildman–Crippen LogP) is 3.34. The first-order chi connectivity index (χ1) is 10.6. The molecule has 122 valence electrons.